The van der Waals surface area contributed by atoms with Crippen LogP contribution in [-0.2, 0) is 37.7 Å². The molecular weight excluding hydrogens is 485 g/mol. The molecule has 0 aromatic carbocycles. The normalized spacial score (nSPS) is 18.9. The number of hydrogen-bond donors (Lipinski definition) is 2. The van der Waals surface area contributed by atoms with Crippen LogP contribution in [0, 0.1) is 5.92 Å². The van der Waals surface area contributed by atoms with E-state index in [4.69, 9.17) is 18.5 Å². The highest BCUT2D eigenvalue weighted by Gasteiger charge is 2.28. The molecule has 2 amide bonds. The predicted octanol–water partition coefficient (Wildman–Crippen LogP) is 1.93. The van der Waals surface area contributed by atoms with Gasteiger partial charge in [-0.3, -0.25) is 24.5 Å². The van der Waals surface area contributed by atoms with Crippen LogP contribution in [0.4, 0.5) is 0 Å². The number of nitrogens with zero attached hydrogens (tertiary/aromatic N) is 1. The van der Waals surface area contributed by atoms with Crippen molar-refractivity contribution in [3.05, 3.63) is 12.3 Å². The van der Waals surface area contributed by atoms with Crippen LogP contribution >= 0.6 is 20.3 Å². The lowest BCUT2D eigenvalue weighted by Gasteiger charge is -2.24. The molecule has 1 heterocycles. The Hall–Kier alpha value is -1.56. The molecule has 3 unspecified atom stereocenters. The van der Waals surface area contributed by atoms with Gasteiger partial charge in [-0.25, -0.2) is 5.09 Å². The molecule has 1 fully saturated rings. The average Bonchev–Trinajstić information content (AvgIpc) is 3.24. The molecule has 0 aliphatic carbocycles. The maximum atomic E-state index is 11.9. The van der Waals surface area contributed by atoms with E-state index in [1.807, 2.05) is 19.2 Å². The highest BCUT2D eigenvalue weighted by molar-refractivity contribution is 8.13. The summed E-state index contributed by atoms with van der Waals surface area (Å²) in [5.74, 6) is -0.499. The molecule has 194 valence electrons. The number of imide groups is 1. The van der Waals surface area contributed by atoms with Crippen LogP contribution in [0.15, 0.2) is 12.3 Å². The standard InChI is InChI=1S/C21H36N3O8PS/c1-15(2)21(28)34-11-10-29-33(23-12-20(27)31-16(3)4)30-13-17-6-7-19(32-17)24(5)9-8-18(26)22-14-25/h8-9,14-17,19,23H,6-7,10-13H2,1-5H3,(H,22,25,26)/b9-8-. The van der Waals surface area contributed by atoms with Gasteiger partial charge in [0.05, 0.1) is 25.4 Å². The van der Waals surface area contributed by atoms with Gasteiger partial charge >= 0.3 is 5.97 Å². The Kier molecular flexibility index (Phi) is 15.2. The summed E-state index contributed by atoms with van der Waals surface area (Å²) >= 11 is 1.20. The summed E-state index contributed by atoms with van der Waals surface area (Å²) in [6.45, 7) is 7.69. The number of ether oxygens (including phenoxy) is 2. The maximum Gasteiger partial charge on any atom is 0.320 e. The molecule has 3 atom stereocenters. The van der Waals surface area contributed by atoms with E-state index >= 15 is 0 Å². The monoisotopic (exact) mass is 521 g/mol. The summed E-state index contributed by atoms with van der Waals surface area (Å²) < 4.78 is 22.7. The number of carbonyl (C=O) groups excluding carboxylic acids is 4. The number of amides is 2. The fourth-order valence-corrected chi connectivity index (χ4v) is 4.54. The molecule has 0 spiro atoms. The number of hydrogen-bond acceptors (Lipinski definition) is 11. The lowest BCUT2D eigenvalue weighted by Crippen LogP contribution is -2.29. The van der Waals surface area contributed by atoms with Crippen LogP contribution in [0.5, 0.6) is 0 Å². The number of thioether (sulfide) groups is 1. The van der Waals surface area contributed by atoms with Gasteiger partial charge in [0, 0.05) is 31.0 Å². The first-order valence-electron chi connectivity index (χ1n) is 11.1. The van der Waals surface area contributed by atoms with Crippen molar-refractivity contribution in [2.24, 2.45) is 5.92 Å². The van der Waals surface area contributed by atoms with E-state index in [0.29, 0.717) is 12.2 Å². The number of carbonyl (C=O) groups is 4. The van der Waals surface area contributed by atoms with E-state index in [9.17, 15) is 19.2 Å². The predicted molar refractivity (Wildman–Crippen MR) is 129 cm³/mol. The average molecular weight is 522 g/mol. The van der Waals surface area contributed by atoms with Crippen molar-refractivity contribution in [2.45, 2.75) is 59.0 Å². The molecule has 0 aromatic heterocycles. The molecule has 1 rings (SSSR count). The van der Waals surface area contributed by atoms with Gasteiger partial charge in [-0.2, -0.15) is 0 Å². The third-order valence-electron chi connectivity index (χ3n) is 4.31. The van der Waals surface area contributed by atoms with Crippen molar-refractivity contribution < 1.29 is 37.7 Å². The Morgan fingerprint density at radius 2 is 1.94 bits per heavy atom. The highest BCUT2D eigenvalue weighted by Crippen LogP contribution is 2.35. The minimum atomic E-state index is -1.60. The molecule has 2 N–H and O–H groups in total. The SMILES string of the molecule is CC(C)OC(=O)CNP(OCCSC(=O)C(C)C)OCC1CCC(N(C)/C=C\C(=O)NC=O)O1. The van der Waals surface area contributed by atoms with Crippen molar-refractivity contribution in [3.8, 4) is 0 Å². The van der Waals surface area contributed by atoms with E-state index in [2.05, 4.69) is 5.09 Å². The van der Waals surface area contributed by atoms with Crippen LogP contribution in [-0.4, -0.2) is 79.3 Å². The van der Waals surface area contributed by atoms with Gasteiger partial charge < -0.3 is 23.4 Å². The molecule has 11 nitrogen and oxygen atoms in total. The van der Waals surface area contributed by atoms with Crippen molar-refractivity contribution >= 4 is 43.7 Å². The number of esters is 1. The molecule has 0 radical (unpaired) electrons. The van der Waals surface area contributed by atoms with E-state index in [-0.39, 0.29) is 49.2 Å². The van der Waals surface area contributed by atoms with Gasteiger partial charge in [-0.1, -0.05) is 25.6 Å². The summed E-state index contributed by atoms with van der Waals surface area (Å²) in [6.07, 6.45) is 3.92. The number of rotatable bonds is 16. The summed E-state index contributed by atoms with van der Waals surface area (Å²) in [6, 6.07) is 0. The smallest absolute Gasteiger partial charge is 0.320 e. The molecule has 13 heteroatoms. The first kappa shape index (κ1) is 30.5. The Balaban J connectivity index is 2.50. The topological polar surface area (TPSA) is 132 Å². The Morgan fingerprint density at radius 1 is 1.21 bits per heavy atom. The van der Waals surface area contributed by atoms with Crippen molar-refractivity contribution in [2.75, 3.05) is 32.6 Å². The third kappa shape index (κ3) is 13.4. The van der Waals surface area contributed by atoms with Crippen LogP contribution in [0.2, 0.25) is 0 Å². The van der Waals surface area contributed by atoms with Crippen molar-refractivity contribution in [1.29, 1.82) is 0 Å². The zero-order chi connectivity index (χ0) is 25.5. The second kappa shape index (κ2) is 17.0. The summed E-state index contributed by atoms with van der Waals surface area (Å²) in [4.78, 5) is 47.0. The molecule has 1 aliphatic rings. The van der Waals surface area contributed by atoms with Gasteiger partial charge in [0.1, 0.15) is 12.8 Å². The minimum absolute atomic E-state index is 0.0495. The zero-order valence-electron chi connectivity index (χ0n) is 20.4. The second-order valence-electron chi connectivity index (χ2n) is 7.98. The lowest BCUT2D eigenvalue weighted by molar-refractivity contribution is -0.146. The summed E-state index contributed by atoms with van der Waals surface area (Å²) in [5.41, 5.74) is 0. The van der Waals surface area contributed by atoms with E-state index < -0.39 is 20.4 Å². The van der Waals surface area contributed by atoms with Gasteiger partial charge in [0.25, 0.3) is 14.4 Å². The van der Waals surface area contributed by atoms with Gasteiger partial charge in [0.15, 0.2) is 5.12 Å². The van der Waals surface area contributed by atoms with Crippen LogP contribution in [0.1, 0.15) is 40.5 Å². The van der Waals surface area contributed by atoms with E-state index in [1.165, 1.54) is 17.8 Å². The Labute approximate surface area is 206 Å². The molecule has 0 aromatic rings. The van der Waals surface area contributed by atoms with Crippen molar-refractivity contribution in [1.82, 2.24) is 15.3 Å². The molecule has 0 bridgehead atoms. The van der Waals surface area contributed by atoms with Gasteiger partial charge in [0.2, 0.25) is 6.41 Å². The third-order valence-corrected chi connectivity index (χ3v) is 6.65. The fraction of sp³-hybridized carbons (Fsp3) is 0.714. The van der Waals surface area contributed by atoms with Crippen LogP contribution in [0.25, 0.3) is 0 Å². The Morgan fingerprint density at radius 3 is 2.59 bits per heavy atom. The lowest BCUT2D eigenvalue weighted by atomic mass is 10.2. The largest absolute Gasteiger partial charge is 0.462 e. The molecule has 1 aliphatic heterocycles. The minimum Gasteiger partial charge on any atom is -0.462 e. The van der Waals surface area contributed by atoms with Gasteiger partial charge in [-0.15, -0.1) is 0 Å². The van der Waals surface area contributed by atoms with Crippen molar-refractivity contribution in [3.63, 3.8) is 0 Å². The molecule has 1 saturated heterocycles. The second-order valence-corrected chi connectivity index (χ2v) is 10.4. The quantitative estimate of drug-likeness (QED) is 0.101. The first-order chi connectivity index (χ1) is 16.1. The first-order valence-corrected chi connectivity index (χ1v) is 13.2. The maximum absolute atomic E-state index is 11.9. The molecular formula is C21H36N3O8PS. The van der Waals surface area contributed by atoms with E-state index in [1.54, 1.807) is 32.0 Å². The molecule has 0 saturated carbocycles. The van der Waals surface area contributed by atoms with Gasteiger partial charge in [-0.05, 0) is 26.7 Å². The highest BCUT2D eigenvalue weighted by atomic mass is 32.2. The summed E-state index contributed by atoms with van der Waals surface area (Å²) in [5, 5.41) is 5.06. The Bertz CT molecular complexity index is 695. The van der Waals surface area contributed by atoms with E-state index in [0.717, 1.165) is 12.8 Å². The fourth-order valence-electron chi connectivity index (χ4n) is 2.64. The van der Waals surface area contributed by atoms with Crippen LogP contribution < -0.4 is 10.4 Å². The summed E-state index contributed by atoms with van der Waals surface area (Å²) in [7, 11) is 0.172. The zero-order valence-corrected chi connectivity index (χ0v) is 22.1. The number of nitrogens with one attached hydrogen (secondary N) is 2. The molecule has 34 heavy (non-hydrogen) atoms. The van der Waals surface area contributed by atoms with Crippen LogP contribution in [0.3, 0.4) is 0 Å².